The average molecular weight is 363 g/mol. The molecule has 0 bridgehead atoms. The summed E-state index contributed by atoms with van der Waals surface area (Å²) in [4.78, 5) is 10.9. The van der Waals surface area contributed by atoms with Crippen LogP contribution in [0.4, 0.5) is 17.5 Å². The van der Waals surface area contributed by atoms with Crippen LogP contribution in [-0.2, 0) is 6.42 Å². The molecule has 0 aliphatic carbocycles. The first-order valence-electron chi connectivity index (χ1n) is 6.66. The molecule has 3 rings (SSSR count). The quantitative estimate of drug-likeness (QED) is 0.711. The molecule has 3 aromatic rings. The van der Waals surface area contributed by atoms with E-state index in [-0.39, 0.29) is 0 Å². The molecular formula is C15H15BrN4S. The number of benzene rings is 1. The Balaban J connectivity index is 2.11. The van der Waals surface area contributed by atoms with Crippen molar-refractivity contribution >= 4 is 54.9 Å². The molecule has 1 aromatic carbocycles. The average Bonchev–Trinajstić information content (AvgIpc) is 2.87. The molecule has 0 atom stereocenters. The summed E-state index contributed by atoms with van der Waals surface area (Å²) in [6.07, 6.45) is 0.982. The van der Waals surface area contributed by atoms with E-state index in [0.717, 1.165) is 38.2 Å². The van der Waals surface area contributed by atoms with Gasteiger partial charge in [-0.3, -0.25) is 0 Å². The Morgan fingerprint density at radius 2 is 2.14 bits per heavy atom. The van der Waals surface area contributed by atoms with Gasteiger partial charge in [-0.1, -0.05) is 28.9 Å². The highest BCUT2D eigenvalue weighted by Gasteiger charge is 2.11. The van der Waals surface area contributed by atoms with Gasteiger partial charge in [-0.25, -0.2) is 4.98 Å². The first-order valence-corrected chi connectivity index (χ1v) is 8.27. The zero-order valence-corrected chi connectivity index (χ0v) is 14.2. The fraction of sp³-hybridized carbons (Fsp3) is 0.200. The zero-order valence-electron chi connectivity index (χ0n) is 11.8. The Labute approximate surface area is 135 Å². The molecule has 0 saturated heterocycles. The van der Waals surface area contributed by atoms with Crippen molar-refractivity contribution in [2.45, 2.75) is 20.3 Å². The number of hydrogen-bond acceptors (Lipinski definition) is 5. The van der Waals surface area contributed by atoms with Crippen LogP contribution in [0.1, 0.15) is 17.4 Å². The Hall–Kier alpha value is -1.66. The van der Waals surface area contributed by atoms with Crippen LogP contribution in [0.2, 0.25) is 0 Å². The molecule has 0 aliphatic heterocycles. The maximum absolute atomic E-state index is 5.83. The minimum absolute atomic E-state index is 0.294. The second-order valence-electron chi connectivity index (χ2n) is 4.75. The van der Waals surface area contributed by atoms with Gasteiger partial charge >= 0.3 is 0 Å². The predicted molar refractivity (Wildman–Crippen MR) is 93.4 cm³/mol. The third-order valence-corrected chi connectivity index (χ3v) is 5.36. The molecule has 0 radical (unpaired) electrons. The standard InChI is InChI=1S/C15H15BrN4S/c1-3-9-7-10-13(19-15(17)20-14(10)21-9)18-12-6-4-5-11(16)8(12)2/h4-7H,3H2,1-2H3,(H3,17,18,19,20). The zero-order chi connectivity index (χ0) is 15.0. The first kappa shape index (κ1) is 14.3. The van der Waals surface area contributed by atoms with Crippen molar-refractivity contribution < 1.29 is 0 Å². The van der Waals surface area contributed by atoms with Crippen molar-refractivity contribution in [1.82, 2.24) is 9.97 Å². The lowest BCUT2D eigenvalue weighted by molar-refractivity contribution is 1.19. The van der Waals surface area contributed by atoms with Crippen molar-refractivity contribution in [3.8, 4) is 0 Å². The van der Waals surface area contributed by atoms with Crippen LogP contribution in [0, 0.1) is 6.92 Å². The number of anilines is 3. The van der Waals surface area contributed by atoms with Gasteiger partial charge in [0.25, 0.3) is 0 Å². The van der Waals surface area contributed by atoms with E-state index in [0.29, 0.717) is 5.95 Å². The number of fused-ring (bicyclic) bond motifs is 1. The van der Waals surface area contributed by atoms with E-state index in [1.807, 2.05) is 18.2 Å². The summed E-state index contributed by atoms with van der Waals surface area (Å²) in [5.41, 5.74) is 7.97. The molecule has 0 amide bonds. The lowest BCUT2D eigenvalue weighted by Crippen LogP contribution is -2.01. The van der Waals surface area contributed by atoms with Crippen LogP contribution in [0.5, 0.6) is 0 Å². The highest BCUT2D eigenvalue weighted by Crippen LogP contribution is 2.33. The molecule has 4 nitrogen and oxygen atoms in total. The van der Waals surface area contributed by atoms with Crippen molar-refractivity contribution in [2.24, 2.45) is 0 Å². The van der Waals surface area contributed by atoms with Crippen LogP contribution < -0.4 is 11.1 Å². The molecule has 0 saturated carbocycles. The molecular weight excluding hydrogens is 348 g/mol. The number of thiophene rings is 1. The minimum atomic E-state index is 0.294. The van der Waals surface area contributed by atoms with Crippen LogP contribution in [0.3, 0.4) is 0 Å². The number of nitrogens with two attached hydrogens (primary N) is 1. The first-order chi connectivity index (χ1) is 10.1. The summed E-state index contributed by atoms with van der Waals surface area (Å²) < 4.78 is 1.06. The van der Waals surface area contributed by atoms with Crippen molar-refractivity contribution in [3.63, 3.8) is 0 Å². The molecule has 108 valence electrons. The minimum Gasteiger partial charge on any atom is -0.368 e. The number of rotatable bonds is 3. The van der Waals surface area contributed by atoms with Gasteiger partial charge in [0, 0.05) is 15.0 Å². The summed E-state index contributed by atoms with van der Waals surface area (Å²) in [6.45, 7) is 4.19. The number of nitrogens with zero attached hydrogens (tertiary/aromatic N) is 2. The third kappa shape index (κ3) is 2.73. The number of nitrogen functional groups attached to an aromatic ring is 1. The maximum Gasteiger partial charge on any atom is 0.223 e. The monoisotopic (exact) mass is 362 g/mol. The Bertz CT molecular complexity index is 813. The van der Waals surface area contributed by atoms with Gasteiger partial charge in [0.2, 0.25) is 5.95 Å². The summed E-state index contributed by atoms with van der Waals surface area (Å²) in [6, 6.07) is 8.17. The van der Waals surface area contributed by atoms with Gasteiger partial charge in [-0.15, -0.1) is 11.3 Å². The fourth-order valence-corrected chi connectivity index (χ4v) is 3.47. The number of hydrogen-bond donors (Lipinski definition) is 2. The highest BCUT2D eigenvalue weighted by atomic mass is 79.9. The fourth-order valence-electron chi connectivity index (χ4n) is 2.13. The van der Waals surface area contributed by atoms with Gasteiger partial charge < -0.3 is 11.1 Å². The van der Waals surface area contributed by atoms with Crippen LogP contribution in [0.15, 0.2) is 28.7 Å². The second kappa shape index (κ2) is 5.61. The Morgan fingerprint density at radius 3 is 2.90 bits per heavy atom. The summed E-state index contributed by atoms with van der Waals surface area (Å²) >= 11 is 5.21. The molecule has 2 heterocycles. The smallest absolute Gasteiger partial charge is 0.223 e. The van der Waals surface area contributed by atoms with E-state index in [1.54, 1.807) is 11.3 Å². The summed E-state index contributed by atoms with van der Waals surface area (Å²) in [5.74, 6) is 1.05. The summed E-state index contributed by atoms with van der Waals surface area (Å²) in [5, 5.41) is 4.40. The van der Waals surface area contributed by atoms with Crippen LogP contribution in [-0.4, -0.2) is 9.97 Å². The molecule has 0 aliphatic rings. The predicted octanol–water partition coefficient (Wildman–Crippen LogP) is 4.65. The van der Waals surface area contributed by atoms with Gasteiger partial charge in [-0.2, -0.15) is 4.98 Å². The number of aromatic nitrogens is 2. The van der Waals surface area contributed by atoms with E-state index >= 15 is 0 Å². The normalized spacial score (nSPS) is 11.0. The van der Waals surface area contributed by atoms with Gasteiger partial charge in [0.1, 0.15) is 10.6 Å². The van der Waals surface area contributed by atoms with Gasteiger partial charge in [0.05, 0.1) is 5.39 Å². The molecule has 2 aromatic heterocycles. The number of aryl methyl sites for hydroxylation is 1. The Kier molecular flexibility index (Phi) is 3.82. The van der Waals surface area contributed by atoms with Crippen molar-refractivity contribution in [2.75, 3.05) is 11.1 Å². The van der Waals surface area contributed by atoms with Gasteiger partial charge in [-0.05, 0) is 37.1 Å². The molecule has 0 fully saturated rings. The second-order valence-corrected chi connectivity index (χ2v) is 6.72. The number of halogens is 1. The van der Waals surface area contributed by atoms with Crippen molar-refractivity contribution in [3.05, 3.63) is 39.2 Å². The molecule has 6 heteroatoms. The topological polar surface area (TPSA) is 63.8 Å². The SMILES string of the molecule is CCc1cc2c(Nc3cccc(Br)c3C)nc(N)nc2s1. The van der Waals surface area contributed by atoms with Crippen LogP contribution >= 0.6 is 27.3 Å². The van der Waals surface area contributed by atoms with Gasteiger partial charge in [0.15, 0.2) is 0 Å². The van der Waals surface area contributed by atoms with E-state index in [4.69, 9.17) is 5.73 Å². The van der Waals surface area contributed by atoms with Crippen LogP contribution in [0.25, 0.3) is 10.2 Å². The lowest BCUT2D eigenvalue weighted by atomic mass is 10.2. The Morgan fingerprint density at radius 1 is 1.33 bits per heavy atom. The molecule has 0 spiro atoms. The molecule has 21 heavy (non-hydrogen) atoms. The largest absolute Gasteiger partial charge is 0.368 e. The number of nitrogens with one attached hydrogen (secondary N) is 1. The maximum atomic E-state index is 5.83. The third-order valence-electron chi connectivity index (χ3n) is 3.33. The van der Waals surface area contributed by atoms with Crippen molar-refractivity contribution in [1.29, 1.82) is 0 Å². The lowest BCUT2D eigenvalue weighted by Gasteiger charge is -2.11. The van der Waals surface area contributed by atoms with E-state index in [9.17, 15) is 0 Å². The summed E-state index contributed by atoms with van der Waals surface area (Å²) in [7, 11) is 0. The van der Waals surface area contributed by atoms with E-state index in [1.165, 1.54) is 4.88 Å². The molecule has 0 unspecified atom stereocenters. The van der Waals surface area contributed by atoms with E-state index < -0.39 is 0 Å². The highest BCUT2D eigenvalue weighted by molar-refractivity contribution is 9.10. The molecule has 3 N–H and O–H groups in total. The van der Waals surface area contributed by atoms with E-state index in [2.05, 4.69) is 51.1 Å².